The van der Waals surface area contributed by atoms with Crippen molar-refractivity contribution in [3.8, 4) is 11.4 Å². The van der Waals surface area contributed by atoms with Crippen LogP contribution in [0.3, 0.4) is 0 Å². The maximum absolute atomic E-state index is 6.10. The number of halogens is 1. The third-order valence-electron chi connectivity index (χ3n) is 2.68. The predicted octanol–water partition coefficient (Wildman–Crippen LogP) is 3.10. The summed E-state index contributed by atoms with van der Waals surface area (Å²) in [5, 5.41) is 7.86. The van der Waals surface area contributed by atoms with E-state index in [1.807, 2.05) is 31.2 Å². The van der Waals surface area contributed by atoms with Gasteiger partial charge in [-0.05, 0) is 18.7 Å². The first-order valence-corrected chi connectivity index (χ1v) is 6.39. The summed E-state index contributed by atoms with van der Waals surface area (Å²) in [4.78, 5) is 4.39. The zero-order chi connectivity index (χ0) is 13.0. The minimum absolute atomic E-state index is 0.189. The summed E-state index contributed by atoms with van der Waals surface area (Å²) in [5.74, 6) is 1.36. The van der Waals surface area contributed by atoms with Crippen molar-refractivity contribution in [3.63, 3.8) is 0 Å². The van der Waals surface area contributed by atoms with Gasteiger partial charge in [0.05, 0.1) is 5.02 Å². The van der Waals surface area contributed by atoms with Crippen LogP contribution in [0.1, 0.15) is 25.7 Å². The highest BCUT2D eigenvalue weighted by molar-refractivity contribution is 6.33. The van der Waals surface area contributed by atoms with Gasteiger partial charge in [-0.15, -0.1) is 0 Å². The van der Waals surface area contributed by atoms with Crippen LogP contribution in [0.25, 0.3) is 11.4 Å². The molecule has 0 aliphatic carbocycles. The van der Waals surface area contributed by atoms with Crippen molar-refractivity contribution < 1.29 is 4.52 Å². The van der Waals surface area contributed by atoms with Crippen LogP contribution >= 0.6 is 11.6 Å². The Hall–Kier alpha value is -1.39. The molecule has 0 saturated carbocycles. The van der Waals surface area contributed by atoms with Gasteiger partial charge >= 0.3 is 0 Å². The topological polar surface area (TPSA) is 51.0 Å². The lowest BCUT2D eigenvalue weighted by Crippen LogP contribution is -2.19. The second-order valence-corrected chi connectivity index (χ2v) is 4.55. The quantitative estimate of drug-likeness (QED) is 0.903. The summed E-state index contributed by atoms with van der Waals surface area (Å²) in [5.41, 5.74) is 0.796. The van der Waals surface area contributed by atoms with Crippen LogP contribution in [-0.4, -0.2) is 23.2 Å². The number of nitrogens with zero attached hydrogens (tertiary/aromatic N) is 2. The van der Waals surface area contributed by atoms with Crippen molar-refractivity contribution in [1.82, 2.24) is 15.5 Å². The highest BCUT2D eigenvalue weighted by atomic mass is 35.5. The molecule has 0 saturated heterocycles. The molecule has 0 aliphatic heterocycles. The fourth-order valence-electron chi connectivity index (χ4n) is 1.64. The smallest absolute Gasteiger partial charge is 0.231 e. The molecule has 4 nitrogen and oxygen atoms in total. The minimum Gasteiger partial charge on any atom is -0.339 e. The molecular formula is C13H16ClN3O. The maximum Gasteiger partial charge on any atom is 0.231 e. The lowest BCUT2D eigenvalue weighted by Gasteiger charge is -2.05. The van der Waals surface area contributed by atoms with E-state index in [4.69, 9.17) is 16.1 Å². The molecule has 0 fully saturated rings. The van der Waals surface area contributed by atoms with Crippen molar-refractivity contribution in [2.45, 2.75) is 19.8 Å². The summed E-state index contributed by atoms with van der Waals surface area (Å²) < 4.78 is 5.27. The van der Waals surface area contributed by atoms with Gasteiger partial charge in [-0.1, -0.05) is 42.7 Å². The molecule has 1 atom stereocenters. The molecular weight excluding hydrogens is 250 g/mol. The molecule has 0 aliphatic rings. The van der Waals surface area contributed by atoms with Gasteiger partial charge in [0.1, 0.15) is 0 Å². The largest absolute Gasteiger partial charge is 0.339 e. The van der Waals surface area contributed by atoms with Gasteiger partial charge < -0.3 is 9.84 Å². The van der Waals surface area contributed by atoms with E-state index in [0.29, 0.717) is 16.7 Å². The van der Waals surface area contributed by atoms with Crippen molar-refractivity contribution in [1.29, 1.82) is 0 Å². The second-order valence-electron chi connectivity index (χ2n) is 4.14. The molecule has 1 N–H and O–H groups in total. The summed E-state index contributed by atoms with van der Waals surface area (Å²) >= 11 is 6.10. The molecule has 0 bridgehead atoms. The van der Waals surface area contributed by atoms with Gasteiger partial charge in [0.15, 0.2) is 0 Å². The fraction of sp³-hybridized carbons (Fsp3) is 0.385. The normalized spacial score (nSPS) is 12.6. The SMILES string of the molecule is CCNCC(C)c1nc(-c2ccccc2Cl)no1. The first kappa shape index (κ1) is 13.1. The molecule has 1 unspecified atom stereocenters. The van der Waals surface area contributed by atoms with E-state index in [-0.39, 0.29) is 5.92 Å². The number of aromatic nitrogens is 2. The van der Waals surface area contributed by atoms with Gasteiger partial charge in [0, 0.05) is 18.0 Å². The van der Waals surface area contributed by atoms with Gasteiger partial charge in [-0.25, -0.2) is 0 Å². The van der Waals surface area contributed by atoms with E-state index in [1.165, 1.54) is 0 Å². The van der Waals surface area contributed by atoms with Crippen molar-refractivity contribution in [2.75, 3.05) is 13.1 Å². The van der Waals surface area contributed by atoms with E-state index >= 15 is 0 Å². The third kappa shape index (κ3) is 2.89. The Kier molecular flexibility index (Phi) is 4.33. The number of benzene rings is 1. The molecule has 1 heterocycles. The molecule has 0 spiro atoms. The maximum atomic E-state index is 6.10. The monoisotopic (exact) mass is 265 g/mol. The zero-order valence-electron chi connectivity index (χ0n) is 10.5. The average molecular weight is 266 g/mol. The second kappa shape index (κ2) is 5.98. The van der Waals surface area contributed by atoms with Crippen LogP contribution in [0.5, 0.6) is 0 Å². The molecule has 2 rings (SSSR count). The van der Waals surface area contributed by atoms with Crippen LogP contribution in [0.2, 0.25) is 5.02 Å². The lowest BCUT2D eigenvalue weighted by atomic mass is 10.2. The molecule has 0 amide bonds. The van der Waals surface area contributed by atoms with Gasteiger partial charge in [-0.3, -0.25) is 0 Å². The lowest BCUT2D eigenvalue weighted by molar-refractivity contribution is 0.355. The first-order chi connectivity index (χ1) is 8.72. The van der Waals surface area contributed by atoms with E-state index in [2.05, 4.69) is 22.4 Å². The number of likely N-dealkylation sites (N-methyl/N-ethyl adjacent to an activating group) is 1. The molecule has 1 aromatic heterocycles. The van der Waals surface area contributed by atoms with E-state index in [9.17, 15) is 0 Å². The van der Waals surface area contributed by atoms with E-state index < -0.39 is 0 Å². The van der Waals surface area contributed by atoms with Crippen molar-refractivity contribution in [3.05, 3.63) is 35.2 Å². The Morgan fingerprint density at radius 3 is 2.89 bits per heavy atom. The highest BCUT2D eigenvalue weighted by Gasteiger charge is 2.15. The Morgan fingerprint density at radius 1 is 1.39 bits per heavy atom. The number of hydrogen-bond donors (Lipinski definition) is 1. The molecule has 18 heavy (non-hydrogen) atoms. The molecule has 2 aromatic rings. The average Bonchev–Trinajstić information content (AvgIpc) is 2.86. The van der Waals surface area contributed by atoms with E-state index in [1.54, 1.807) is 0 Å². The van der Waals surface area contributed by atoms with Gasteiger partial charge in [-0.2, -0.15) is 4.98 Å². The third-order valence-corrected chi connectivity index (χ3v) is 3.01. The fourth-order valence-corrected chi connectivity index (χ4v) is 1.86. The minimum atomic E-state index is 0.189. The zero-order valence-corrected chi connectivity index (χ0v) is 11.2. The number of rotatable bonds is 5. The molecule has 96 valence electrons. The summed E-state index contributed by atoms with van der Waals surface area (Å²) in [6, 6.07) is 7.47. The predicted molar refractivity (Wildman–Crippen MR) is 71.7 cm³/mol. The molecule has 5 heteroatoms. The Labute approximate surface area is 111 Å². The Morgan fingerprint density at radius 2 is 2.17 bits per heavy atom. The van der Waals surface area contributed by atoms with Crippen LogP contribution in [0, 0.1) is 0 Å². The summed E-state index contributed by atoms with van der Waals surface area (Å²) in [7, 11) is 0. The van der Waals surface area contributed by atoms with E-state index in [0.717, 1.165) is 18.7 Å². The van der Waals surface area contributed by atoms with Gasteiger partial charge in [0.25, 0.3) is 0 Å². The van der Waals surface area contributed by atoms with Crippen LogP contribution in [0.4, 0.5) is 0 Å². The van der Waals surface area contributed by atoms with Crippen molar-refractivity contribution >= 4 is 11.6 Å². The van der Waals surface area contributed by atoms with Crippen molar-refractivity contribution in [2.24, 2.45) is 0 Å². The van der Waals surface area contributed by atoms with Crippen LogP contribution in [-0.2, 0) is 0 Å². The summed E-state index contributed by atoms with van der Waals surface area (Å²) in [6.07, 6.45) is 0. The highest BCUT2D eigenvalue weighted by Crippen LogP contribution is 2.26. The Balaban J connectivity index is 2.18. The first-order valence-electron chi connectivity index (χ1n) is 6.01. The molecule has 0 radical (unpaired) electrons. The Bertz CT molecular complexity index is 512. The van der Waals surface area contributed by atoms with Crippen LogP contribution < -0.4 is 5.32 Å². The van der Waals surface area contributed by atoms with Gasteiger partial charge in [0.2, 0.25) is 11.7 Å². The van der Waals surface area contributed by atoms with Crippen LogP contribution in [0.15, 0.2) is 28.8 Å². The standard InChI is InChI=1S/C13H16ClN3O/c1-3-15-8-9(2)13-16-12(17-18-13)10-6-4-5-7-11(10)14/h4-7,9,15H,3,8H2,1-2H3. The number of hydrogen-bond acceptors (Lipinski definition) is 4. The summed E-state index contributed by atoms with van der Waals surface area (Å²) in [6.45, 7) is 5.86. The molecule has 1 aromatic carbocycles. The number of nitrogens with one attached hydrogen (secondary N) is 1.